The highest BCUT2D eigenvalue weighted by atomic mass is 32.1. The van der Waals surface area contributed by atoms with Crippen LogP contribution in [0, 0.1) is 0 Å². The van der Waals surface area contributed by atoms with Gasteiger partial charge in [-0.25, -0.2) is 4.79 Å². The predicted octanol–water partition coefficient (Wildman–Crippen LogP) is 0.720. The van der Waals surface area contributed by atoms with Crippen LogP contribution in [0.1, 0.15) is 5.56 Å². The van der Waals surface area contributed by atoms with E-state index in [9.17, 15) is 9.59 Å². The smallest absolute Gasteiger partial charge is 0.408 e. The largest absolute Gasteiger partial charge is 0.419 e. The molecule has 1 aromatic carbocycles. The van der Waals surface area contributed by atoms with E-state index in [1.54, 1.807) is 13.1 Å². The Hall–Kier alpha value is -1.69. The van der Waals surface area contributed by atoms with E-state index in [2.05, 4.69) is 17.9 Å². The number of thiol groups is 1. The summed E-state index contributed by atoms with van der Waals surface area (Å²) in [5, 5.41) is 2.74. The van der Waals surface area contributed by atoms with Gasteiger partial charge in [0.05, 0.1) is 11.3 Å². The SMILES string of the molecule is Cn1c(=O)oc2ccc(CCNC(=O)CS)cc21. The van der Waals surface area contributed by atoms with Crippen molar-refractivity contribution in [2.45, 2.75) is 6.42 Å². The summed E-state index contributed by atoms with van der Waals surface area (Å²) in [6, 6.07) is 5.55. The van der Waals surface area contributed by atoms with E-state index in [1.165, 1.54) is 4.57 Å². The molecule has 0 saturated heterocycles. The summed E-state index contributed by atoms with van der Waals surface area (Å²) in [4.78, 5) is 22.3. The molecule has 0 saturated carbocycles. The van der Waals surface area contributed by atoms with Crippen molar-refractivity contribution in [2.24, 2.45) is 7.05 Å². The highest BCUT2D eigenvalue weighted by Crippen LogP contribution is 2.14. The molecular formula is C12H14N2O3S. The van der Waals surface area contributed by atoms with Gasteiger partial charge >= 0.3 is 5.76 Å². The summed E-state index contributed by atoms with van der Waals surface area (Å²) in [7, 11) is 1.67. The topological polar surface area (TPSA) is 64.2 Å². The van der Waals surface area contributed by atoms with E-state index in [1.807, 2.05) is 12.1 Å². The predicted molar refractivity (Wildman–Crippen MR) is 72.0 cm³/mol. The second-order valence-electron chi connectivity index (χ2n) is 3.99. The lowest BCUT2D eigenvalue weighted by Gasteiger charge is -2.03. The molecule has 0 unspecified atom stereocenters. The molecule has 18 heavy (non-hydrogen) atoms. The van der Waals surface area contributed by atoms with Gasteiger partial charge in [0.2, 0.25) is 5.91 Å². The van der Waals surface area contributed by atoms with Crippen molar-refractivity contribution in [1.82, 2.24) is 9.88 Å². The van der Waals surface area contributed by atoms with Crippen LogP contribution in [0.15, 0.2) is 27.4 Å². The standard InChI is InChI=1S/C12H14N2O3S/c1-14-9-6-8(4-5-13-11(15)7-18)2-3-10(9)17-12(14)16/h2-3,6,18H,4-5,7H2,1H3,(H,13,15). The van der Waals surface area contributed by atoms with Crippen molar-refractivity contribution >= 4 is 29.6 Å². The lowest BCUT2D eigenvalue weighted by Crippen LogP contribution is -2.26. The van der Waals surface area contributed by atoms with Crippen LogP contribution in [0.4, 0.5) is 0 Å². The van der Waals surface area contributed by atoms with Gasteiger partial charge in [0.25, 0.3) is 0 Å². The number of hydrogen-bond donors (Lipinski definition) is 2. The summed E-state index contributed by atoms with van der Waals surface area (Å²) in [6.45, 7) is 0.552. The number of hydrogen-bond acceptors (Lipinski definition) is 4. The normalized spacial score (nSPS) is 10.8. The van der Waals surface area contributed by atoms with Crippen LogP contribution < -0.4 is 11.1 Å². The molecule has 0 bridgehead atoms. The monoisotopic (exact) mass is 266 g/mol. The fourth-order valence-corrected chi connectivity index (χ4v) is 1.84. The molecule has 0 aliphatic carbocycles. The second-order valence-corrected chi connectivity index (χ2v) is 4.30. The molecule has 5 nitrogen and oxygen atoms in total. The van der Waals surface area contributed by atoms with Crippen LogP contribution in [0.2, 0.25) is 0 Å². The number of nitrogens with zero attached hydrogens (tertiary/aromatic N) is 1. The highest BCUT2D eigenvalue weighted by Gasteiger charge is 2.06. The summed E-state index contributed by atoms with van der Waals surface area (Å²) in [5.41, 5.74) is 2.38. The van der Waals surface area contributed by atoms with Gasteiger partial charge in [-0.15, -0.1) is 0 Å². The van der Waals surface area contributed by atoms with Crippen molar-refractivity contribution < 1.29 is 9.21 Å². The first-order chi connectivity index (χ1) is 8.61. The number of aryl methyl sites for hydroxylation is 1. The fourth-order valence-electron chi connectivity index (χ4n) is 1.73. The van der Waals surface area contributed by atoms with Crippen LogP contribution in [0.25, 0.3) is 11.1 Å². The molecule has 0 atom stereocenters. The molecule has 0 radical (unpaired) electrons. The summed E-state index contributed by atoms with van der Waals surface area (Å²) < 4.78 is 6.50. The van der Waals surface area contributed by atoms with Gasteiger partial charge < -0.3 is 9.73 Å². The van der Waals surface area contributed by atoms with Crippen LogP contribution in [-0.4, -0.2) is 22.8 Å². The number of carbonyl (C=O) groups excluding carboxylic acids is 1. The van der Waals surface area contributed by atoms with Crippen molar-refractivity contribution in [2.75, 3.05) is 12.3 Å². The van der Waals surface area contributed by atoms with Gasteiger partial charge in [-0.1, -0.05) is 6.07 Å². The quantitative estimate of drug-likeness (QED) is 0.802. The Labute approximate surface area is 109 Å². The zero-order valence-electron chi connectivity index (χ0n) is 9.97. The minimum atomic E-state index is -0.370. The number of carbonyl (C=O) groups is 1. The maximum Gasteiger partial charge on any atom is 0.419 e. The number of fused-ring (bicyclic) bond motifs is 1. The first-order valence-electron chi connectivity index (χ1n) is 5.58. The minimum absolute atomic E-state index is 0.0878. The summed E-state index contributed by atoms with van der Waals surface area (Å²) in [5.74, 6) is -0.268. The highest BCUT2D eigenvalue weighted by molar-refractivity contribution is 7.81. The third-order valence-electron chi connectivity index (χ3n) is 2.74. The molecule has 2 rings (SSSR count). The first kappa shape index (κ1) is 12.8. The van der Waals surface area contributed by atoms with E-state index in [0.29, 0.717) is 18.5 Å². The van der Waals surface area contributed by atoms with Crippen LogP contribution in [-0.2, 0) is 18.3 Å². The van der Waals surface area contributed by atoms with Gasteiger partial charge in [-0.3, -0.25) is 9.36 Å². The van der Waals surface area contributed by atoms with E-state index in [0.717, 1.165) is 11.1 Å². The third kappa shape index (κ3) is 2.59. The summed E-state index contributed by atoms with van der Waals surface area (Å²) in [6.07, 6.45) is 0.703. The number of oxazole rings is 1. The number of amides is 1. The molecule has 0 spiro atoms. The Morgan fingerprint density at radius 1 is 1.50 bits per heavy atom. The maximum atomic E-state index is 11.3. The van der Waals surface area contributed by atoms with Gasteiger partial charge in [-0.2, -0.15) is 12.6 Å². The van der Waals surface area contributed by atoms with E-state index in [4.69, 9.17) is 4.42 Å². The third-order valence-corrected chi connectivity index (χ3v) is 3.02. The van der Waals surface area contributed by atoms with Crippen LogP contribution in [0.3, 0.4) is 0 Å². The molecule has 1 heterocycles. The second kappa shape index (κ2) is 5.30. The lowest BCUT2D eigenvalue weighted by molar-refractivity contribution is -0.118. The Balaban J connectivity index is 2.12. The number of aromatic nitrogens is 1. The molecule has 0 fully saturated rings. The van der Waals surface area contributed by atoms with E-state index in [-0.39, 0.29) is 17.4 Å². The van der Waals surface area contributed by atoms with E-state index < -0.39 is 0 Å². The number of rotatable bonds is 4. The molecule has 1 aromatic heterocycles. The molecule has 1 amide bonds. The molecule has 2 aromatic rings. The Morgan fingerprint density at radius 2 is 2.28 bits per heavy atom. The van der Waals surface area contributed by atoms with Crippen molar-refractivity contribution in [3.8, 4) is 0 Å². The van der Waals surface area contributed by atoms with Gasteiger partial charge in [0, 0.05) is 13.6 Å². The Bertz CT molecular complexity index is 630. The number of nitrogens with one attached hydrogen (secondary N) is 1. The fraction of sp³-hybridized carbons (Fsp3) is 0.333. The van der Waals surface area contributed by atoms with Gasteiger partial charge in [0.15, 0.2) is 5.58 Å². The van der Waals surface area contributed by atoms with Crippen LogP contribution in [0.5, 0.6) is 0 Å². The zero-order valence-corrected chi connectivity index (χ0v) is 10.9. The lowest BCUT2D eigenvalue weighted by atomic mass is 10.1. The van der Waals surface area contributed by atoms with Crippen molar-refractivity contribution in [3.63, 3.8) is 0 Å². The molecule has 0 aliphatic rings. The van der Waals surface area contributed by atoms with Crippen molar-refractivity contribution in [3.05, 3.63) is 34.3 Å². The zero-order chi connectivity index (χ0) is 13.1. The molecular weight excluding hydrogens is 252 g/mol. The maximum absolute atomic E-state index is 11.3. The van der Waals surface area contributed by atoms with Gasteiger partial charge in [0.1, 0.15) is 0 Å². The minimum Gasteiger partial charge on any atom is -0.408 e. The van der Waals surface area contributed by atoms with E-state index >= 15 is 0 Å². The Morgan fingerprint density at radius 3 is 3.00 bits per heavy atom. The average Bonchev–Trinajstić information content (AvgIpc) is 2.65. The van der Waals surface area contributed by atoms with Gasteiger partial charge in [-0.05, 0) is 24.1 Å². The molecule has 96 valence electrons. The van der Waals surface area contributed by atoms with Crippen LogP contribution >= 0.6 is 12.6 Å². The first-order valence-corrected chi connectivity index (χ1v) is 6.21. The molecule has 0 aliphatic heterocycles. The molecule has 6 heteroatoms. The summed E-state index contributed by atoms with van der Waals surface area (Å²) >= 11 is 3.88. The Kier molecular flexibility index (Phi) is 3.76. The van der Waals surface area contributed by atoms with Crippen molar-refractivity contribution in [1.29, 1.82) is 0 Å². The average molecular weight is 266 g/mol. The number of benzene rings is 1. The molecule has 1 N–H and O–H groups in total.